The van der Waals surface area contributed by atoms with Gasteiger partial charge < -0.3 is 14.6 Å². The summed E-state index contributed by atoms with van der Waals surface area (Å²) in [6.45, 7) is 5.72. The van der Waals surface area contributed by atoms with E-state index in [-0.39, 0.29) is 18.6 Å². The molecule has 0 saturated carbocycles. The third kappa shape index (κ3) is 2.99. The lowest BCUT2D eigenvalue weighted by molar-refractivity contribution is -0.0527. The molecule has 1 aromatic rings. The van der Waals surface area contributed by atoms with Gasteiger partial charge in [0, 0.05) is 11.8 Å². The van der Waals surface area contributed by atoms with Gasteiger partial charge in [0.05, 0.1) is 25.9 Å². The molecule has 0 aliphatic carbocycles. The van der Waals surface area contributed by atoms with Gasteiger partial charge in [-0.2, -0.15) is 0 Å². The van der Waals surface area contributed by atoms with Gasteiger partial charge in [-0.05, 0) is 31.5 Å². The Hall–Kier alpha value is -1.06. The van der Waals surface area contributed by atoms with Crippen molar-refractivity contribution < 1.29 is 14.6 Å². The van der Waals surface area contributed by atoms with E-state index in [1.165, 1.54) is 0 Å². The molecule has 1 heterocycles. The highest BCUT2D eigenvalue weighted by molar-refractivity contribution is 5.30. The van der Waals surface area contributed by atoms with Crippen LogP contribution in [0.15, 0.2) is 24.3 Å². The van der Waals surface area contributed by atoms with Crippen molar-refractivity contribution in [2.24, 2.45) is 5.92 Å². The van der Waals surface area contributed by atoms with Crippen LogP contribution in [-0.2, 0) is 4.74 Å². The molecule has 0 amide bonds. The van der Waals surface area contributed by atoms with E-state index in [1.54, 1.807) is 0 Å². The third-order valence-electron chi connectivity index (χ3n) is 3.11. The van der Waals surface area contributed by atoms with Crippen LogP contribution in [0.3, 0.4) is 0 Å². The Morgan fingerprint density at radius 2 is 1.94 bits per heavy atom. The normalized spacial score (nSPS) is 17.9. The van der Waals surface area contributed by atoms with Gasteiger partial charge in [0.15, 0.2) is 0 Å². The zero-order valence-electron chi connectivity index (χ0n) is 10.4. The molecule has 1 fully saturated rings. The molecule has 3 nitrogen and oxygen atoms in total. The average Bonchev–Trinajstić information content (AvgIpc) is 2.23. The number of aliphatic hydroxyl groups excluding tert-OH is 1. The molecule has 1 aliphatic rings. The van der Waals surface area contributed by atoms with Crippen LogP contribution >= 0.6 is 0 Å². The smallest absolute Gasteiger partial charge is 0.119 e. The Morgan fingerprint density at radius 3 is 2.35 bits per heavy atom. The van der Waals surface area contributed by atoms with E-state index in [1.807, 2.05) is 38.1 Å². The van der Waals surface area contributed by atoms with Crippen LogP contribution < -0.4 is 4.74 Å². The maximum Gasteiger partial charge on any atom is 0.119 e. The zero-order chi connectivity index (χ0) is 12.3. The molecule has 1 unspecified atom stereocenters. The number of aliphatic hydroxyl groups is 1. The van der Waals surface area contributed by atoms with Gasteiger partial charge in [-0.15, -0.1) is 0 Å². The molecule has 0 aromatic heterocycles. The van der Waals surface area contributed by atoms with Crippen LogP contribution in [-0.4, -0.2) is 31.0 Å². The fraction of sp³-hybridized carbons (Fsp3) is 0.571. The molecule has 1 atom stereocenters. The Labute approximate surface area is 102 Å². The second kappa shape index (κ2) is 5.52. The molecular weight excluding hydrogens is 216 g/mol. The van der Waals surface area contributed by atoms with Crippen molar-refractivity contribution in [3.63, 3.8) is 0 Å². The predicted molar refractivity (Wildman–Crippen MR) is 66.3 cm³/mol. The van der Waals surface area contributed by atoms with E-state index in [2.05, 4.69) is 0 Å². The summed E-state index contributed by atoms with van der Waals surface area (Å²) in [4.78, 5) is 0. The number of hydrogen-bond donors (Lipinski definition) is 1. The number of ether oxygens (including phenoxy) is 2. The van der Waals surface area contributed by atoms with Crippen molar-refractivity contribution in [1.82, 2.24) is 0 Å². The summed E-state index contributed by atoms with van der Waals surface area (Å²) in [6, 6.07) is 8.02. The van der Waals surface area contributed by atoms with Gasteiger partial charge in [-0.3, -0.25) is 0 Å². The van der Waals surface area contributed by atoms with Crippen molar-refractivity contribution in [3.8, 4) is 5.75 Å². The molecule has 2 rings (SSSR count). The molecule has 1 N–H and O–H groups in total. The maximum absolute atomic E-state index is 9.44. The molecule has 0 spiro atoms. The van der Waals surface area contributed by atoms with Crippen LogP contribution in [0.25, 0.3) is 0 Å². The lowest BCUT2D eigenvalue weighted by atomic mass is 9.85. The van der Waals surface area contributed by atoms with Crippen LogP contribution in [0.4, 0.5) is 0 Å². The zero-order valence-corrected chi connectivity index (χ0v) is 10.4. The highest BCUT2D eigenvalue weighted by atomic mass is 16.5. The second-order valence-electron chi connectivity index (χ2n) is 4.82. The summed E-state index contributed by atoms with van der Waals surface area (Å²) >= 11 is 0. The molecule has 3 heteroatoms. The lowest BCUT2D eigenvalue weighted by Gasteiger charge is -2.33. The van der Waals surface area contributed by atoms with Gasteiger partial charge in [-0.25, -0.2) is 0 Å². The maximum atomic E-state index is 9.44. The monoisotopic (exact) mass is 236 g/mol. The summed E-state index contributed by atoms with van der Waals surface area (Å²) in [5.74, 6) is 1.53. The van der Waals surface area contributed by atoms with Crippen LogP contribution in [0, 0.1) is 5.92 Å². The van der Waals surface area contributed by atoms with Crippen LogP contribution in [0.5, 0.6) is 5.75 Å². The van der Waals surface area contributed by atoms with Crippen molar-refractivity contribution >= 4 is 0 Å². The van der Waals surface area contributed by atoms with Crippen molar-refractivity contribution in [2.45, 2.75) is 25.9 Å². The standard InChI is InChI=1S/C14H20O3/c1-10(2)17-13-5-3-11(4-6-13)14(7-15)12-8-16-9-12/h3-6,10,12,14-15H,7-9H2,1-2H3. The van der Waals surface area contributed by atoms with Crippen molar-refractivity contribution in [3.05, 3.63) is 29.8 Å². The van der Waals surface area contributed by atoms with Crippen molar-refractivity contribution in [1.29, 1.82) is 0 Å². The molecule has 94 valence electrons. The first-order valence-corrected chi connectivity index (χ1v) is 6.16. The van der Waals surface area contributed by atoms with Gasteiger partial charge in [-0.1, -0.05) is 12.1 Å². The summed E-state index contributed by atoms with van der Waals surface area (Å²) < 4.78 is 10.8. The first-order chi connectivity index (χ1) is 8.20. The van der Waals surface area contributed by atoms with E-state index < -0.39 is 0 Å². The summed E-state index contributed by atoms with van der Waals surface area (Å²) in [5, 5.41) is 9.44. The molecular formula is C14H20O3. The van der Waals surface area contributed by atoms with E-state index in [0.29, 0.717) is 5.92 Å². The minimum Gasteiger partial charge on any atom is -0.491 e. The number of benzene rings is 1. The third-order valence-corrected chi connectivity index (χ3v) is 3.11. The summed E-state index contributed by atoms with van der Waals surface area (Å²) in [5.41, 5.74) is 1.16. The van der Waals surface area contributed by atoms with Gasteiger partial charge in [0.25, 0.3) is 0 Å². The molecule has 1 saturated heterocycles. The minimum atomic E-state index is 0.179. The highest BCUT2D eigenvalue weighted by Crippen LogP contribution is 2.30. The van der Waals surface area contributed by atoms with Crippen LogP contribution in [0.1, 0.15) is 25.3 Å². The predicted octanol–water partition coefficient (Wildman–Crippen LogP) is 2.20. The fourth-order valence-corrected chi connectivity index (χ4v) is 2.08. The first-order valence-electron chi connectivity index (χ1n) is 6.16. The van der Waals surface area contributed by atoms with Gasteiger partial charge in [0.2, 0.25) is 0 Å². The largest absolute Gasteiger partial charge is 0.491 e. The highest BCUT2D eigenvalue weighted by Gasteiger charge is 2.28. The lowest BCUT2D eigenvalue weighted by Crippen LogP contribution is -2.34. The number of rotatable bonds is 5. The first kappa shape index (κ1) is 12.4. The second-order valence-corrected chi connectivity index (χ2v) is 4.82. The van der Waals surface area contributed by atoms with E-state index >= 15 is 0 Å². The summed E-state index contributed by atoms with van der Waals surface area (Å²) in [7, 11) is 0. The summed E-state index contributed by atoms with van der Waals surface area (Å²) in [6.07, 6.45) is 0.189. The Morgan fingerprint density at radius 1 is 1.29 bits per heavy atom. The Balaban J connectivity index is 2.04. The van der Waals surface area contributed by atoms with Gasteiger partial charge in [0.1, 0.15) is 5.75 Å². The van der Waals surface area contributed by atoms with E-state index in [0.717, 1.165) is 24.5 Å². The number of hydrogen-bond acceptors (Lipinski definition) is 3. The molecule has 1 aromatic carbocycles. The van der Waals surface area contributed by atoms with Gasteiger partial charge >= 0.3 is 0 Å². The molecule has 1 aliphatic heterocycles. The molecule has 17 heavy (non-hydrogen) atoms. The van der Waals surface area contributed by atoms with Crippen LogP contribution in [0.2, 0.25) is 0 Å². The fourth-order valence-electron chi connectivity index (χ4n) is 2.08. The van der Waals surface area contributed by atoms with E-state index in [9.17, 15) is 5.11 Å². The Kier molecular flexibility index (Phi) is 4.02. The quantitative estimate of drug-likeness (QED) is 0.851. The Bertz CT molecular complexity index is 341. The topological polar surface area (TPSA) is 38.7 Å². The van der Waals surface area contributed by atoms with E-state index in [4.69, 9.17) is 9.47 Å². The van der Waals surface area contributed by atoms with Crippen molar-refractivity contribution in [2.75, 3.05) is 19.8 Å². The minimum absolute atomic E-state index is 0.179. The average molecular weight is 236 g/mol. The SMILES string of the molecule is CC(C)Oc1ccc(C(CO)C2COC2)cc1. The molecule has 0 radical (unpaired) electrons. The molecule has 0 bridgehead atoms.